The fourth-order valence-electron chi connectivity index (χ4n) is 2.12. The molecule has 1 aliphatic rings. The lowest BCUT2D eigenvalue weighted by atomic mass is 9.91. The van der Waals surface area contributed by atoms with Crippen molar-refractivity contribution < 1.29 is 0 Å². The molecule has 0 spiro atoms. The number of fused-ring (bicyclic) bond motifs is 1. The Bertz CT molecular complexity index is 280. The minimum Gasteiger partial charge on any atom is -0.385 e. The highest BCUT2D eigenvalue weighted by Crippen LogP contribution is 2.26. The quantitative estimate of drug-likeness (QED) is 0.728. The molecular weight excluding hydrogens is 158 g/mol. The lowest BCUT2D eigenvalue weighted by Crippen LogP contribution is -2.22. The van der Waals surface area contributed by atoms with E-state index in [1.165, 1.54) is 30.5 Å². The van der Waals surface area contributed by atoms with Crippen molar-refractivity contribution in [2.45, 2.75) is 26.2 Å². The van der Waals surface area contributed by atoms with Crippen molar-refractivity contribution in [1.29, 1.82) is 0 Å². The van der Waals surface area contributed by atoms with E-state index in [2.05, 4.69) is 36.5 Å². The van der Waals surface area contributed by atoms with Crippen molar-refractivity contribution in [2.75, 3.05) is 11.9 Å². The van der Waals surface area contributed by atoms with Gasteiger partial charge >= 0.3 is 0 Å². The van der Waals surface area contributed by atoms with Crippen molar-refractivity contribution >= 4 is 5.69 Å². The predicted molar refractivity (Wildman–Crippen MR) is 57.0 cm³/mol. The third-order valence-electron chi connectivity index (χ3n) is 2.80. The van der Waals surface area contributed by atoms with Gasteiger partial charge in [-0.2, -0.15) is 0 Å². The summed E-state index contributed by atoms with van der Waals surface area (Å²) in [4.78, 5) is 0. The monoisotopic (exact) mass is 175 g/mol. The summed E-state index contributed by atoms with van der Waals surface area (Å²) >= 11 is 0. The average Bonchev–Trinajstić information content (AvgIpc) is 2.18. The van der Waals surface area contributed by atoms with Crippen molar-refractivity contribution in [3.05, 3.63) is 29.8 Å². The van der Waals surface area contributed by atoms with Crippen molar-refractivity contribution in [1.82, 2.24) is 0 Å². The van der Waals surface area contributed by atoms with Gasteiger partial charge in [-0.15, -0.1) is 0 Å². The molecule has 1 atom stereocenters. The van der Waals surface area contributed by atoms with E-state index in [-0.39, 0.29) is 0 Å². The molecule has 1 heterocycles. The van der Waals surface area contributed by atoms with E-state index in [0.717, 1.165) is 12.5 Å². The SMILES string of the molecule is CCCC1CNc2ccccc2C1. The minimum atomic E-state index is 0.847. The van der Waals surface area contributed by atoms with Crippen LogP contribution in [0.3, 0.4) is 0 Å². The number of anilines is 1. The van der Waals surface area contributed by atoms with Crippen LogP contribution in [0.25, 0.3) is 0 Å². The molecule has 0 fully saturated rings. The van der Waals surface area contributed by atoms with Gasteiger partial charge in [-0.3, -0.25) is 0 Å². The Balaban J connectivity index is 2.11. The van der Waals surface area contributed by atoms with Crippen molar-refractivity contribution in [3.63, 3.8) is 0 Å². The van der Waals surface area contributed by atoms with Gasteiger partial charge in [0.2, 0.25) is 0 Å². The van der Waals surface area contributed by atoms with Crippen LogP contribution in [-0.2, 0) is 6.42 Å². The van der Waals surface area contributed by atoms with Gasteiger partial charge in [0, 0.05) is 12.2 Å². The largest absolute Gasteiger partial charge is 0.385 e. The second-order valence-corrected chi connectivity index (χ2v) is 3.90. The van der Waals surface area contributed by atoms with Gasteiger partial charge < -0.3 is 5.32 Å². The molecule has 1 aromatic carbocycles. The van der Waals surface area contributed by atoms with Crippen LogP contribution in [0.2, 0.25) is 0 Å². The Morgan fingerprint density at radius 3 is 3.08 bits per heavy atom. The maximum absolute atomic E-state index is 3.50. The summed E-state index contributed by atoms with van der Waals surface area (Å²) in [5.41, 5.74) is 2.84. The summed E-state index contributed by atoms with van der Waals surface area (Å²) in [6, 6.07) is 8.66. The number of hydrogen-bond acceptors (Lipinski definition) is 1. The number of rotatable bonds is 2. The summed E-state index contributed by atoms with van der Waals surface area (Å²) in [5, 5.41) is 3.50. The Kier molecular flexibility index (Phi) is 2.53. The van der Waals surface area contributed by atoms with E-state index < -0.39 is 0 Å². The van der Waals surface area contributed by atoms with Crippen LogP contribution in [0.1, 0.15) is 25.3 Å². The molecule has 1 N–H and O–H groups in total. The van der Waals surface area contributed by atoms with E-state index >= 15 is 0 Å². The molecule has 2 rings (SSSR count). The zero-order chi connectivity index (χ0) is 9.10. The Morgan fingerprint density at radius 1 is 1.38 bits per heavy atom. The van der Waals surface area contributed by atoms with E-state index in [1.807, 2.05) is 0 Å². The Morgan fingerprint density at radius 2 is 2.23 bits per heavy atom. The zero-order valence-corrected chi connectivity index (χ0v) is 8.22. The minimum absolute atomic E-state index is 0.847. The van der Waals surface area contributed by atoms with Gasteiger partial charge in [0.1, 0.15) is 0 Å². The second-order valence-electron chi connectivity index (χ2n) is 3.90. The molecule has 0 radical (unpaired) electrons. The summed E-state index contributed by atoms with van der Waals surface area (Å²) in [5.74, 6) is 0.847. The van der Waals surface area contributed by atoms with E-state index in [1.54, 1.807) is 0 Å². The second kappa shape index (κ2) is 3.82. The highest BCUT2D eigenvalue weighted by molar-refractivity contribution is 5.52. The molecular formula is C12H17N. The molecule has 13 heavy (non-hydrogen) atoms. The molecule has 0 bridgehead atoms. The average molecular weight is 175 g/mol. The first-order chi connectivity index (χ1) is 6.40. The van der Waals surface area contributed by atoms with E-state index in [9.17, 15) is 0 Å². The summed E-state index contributed by atoms with van der Waals surface area (Å²) in [6.45, 7) is 3.42. The normalized spacial score (nSPS) is 20.5. The van der Waals surface area contributed by atoms with Gasteiger partial charge in [-0.25, -0.2) is 0 Å². The summed E-state index contributed by atoms with van der Waals surface area (Å²) in [7, 11) is 0. The van der Waals surface area contributed by atoms with Gasteiger partial charge in [0.25, 0.3) is 0 Å². The first-order valence-electron chi connectivity index (χ1n) is 5.22. The molecule has 0 saturated carbocycles. The molecule has 1 nitrogen and oxygen atoms in total. The van der Waals surface area contributed by atoms with Gasteiger partial charge in [0.05, 0.1) is 0 Å². The molecule has 0 aromatic heterocycles. The van der Waals surface area contributed by atoms with Gasteiger partial charge in [-0.1, -0.05) is 31.5 Å². The highest BCUT2D eigenvalue weighted by atomic mass is 14.9. The molecule has 70 valence electrons. The number of para-hydroxylation sites is 1. The number of benzene rings is 1. The lowest BCUT2D eigenvalue weighted by Gasteiger charge is -2.25. The smallest absolute Gasteiger partial charge is 0.0372 e. The highest BCUT2D eigenvalue weighted by Gasteiger charge is 2.16. The number of hydrogen-bond donors (Lipinski definition) is 1. The van der Waals surface area contributed by atoms with Crippen LogP contribution in [0.15, 0.2) is 24.3 Å². The molecule has 1 aromatic rings. The van der Waals surface area contributed by atoms with E-state index in [4.69, 9.17) is 0 Å². The Labute approximate surface area is 80.2 Å². The van der Waals surface area contributed by atoms with Crippen LogP contribution in [0, 0.1) is 5.92 Å². The Hall–Kier alpha value is -0.980. The third-order valence-corrected chi connectivity index (χ3v) is 2.80. The fraction of sp³-hybridized carbons (Fsp3) is 0.500. The first kappa shape index (κ1) is 8.61. The maximum atomic E-state index is 3.50. The van der Waals surface area contributed by atoms with Crippen LogP contribution in [-0.4, -0.2) is 6.54 Å². The molecule has 0 saturated heterocycles. The van der Waals surface area contributed by atoms with Crippen molar-refractivity contribution in [3.8, 4) is 0 Å². The lowest BCUT2D eigenvalue weighted by molar-refractivity contribution is 0.489. The summed E-state index contributed by atoms with van der Waals surface area (Å²) < 4.78 is 0. The predicted octanol–water partition coefficient (Wildman–Crippen LogP) is 3.07. The molecule has 0 amide bonds. The number of nitrogens with one attached hydrogen (secondary N) is 1. The van der Waals surface area contributed by atoms with Crippen molar-refractivity contribution in [2.24, 2.45) is 5.92 Å². The van der Waals surface area contributed by atoms with E-state index in [0.29, 0.717) is 0 Å². The van der Waals surface area contributed by atoms with Crippen LogP contribution in [0.5, 0.6) is 0 Å². The van der Waals surface area contributed by atoms with Gasteiger partial charge in [0.15, 0.2) is 0 Å². The van der Waals surface area contributed by atoms with Crippen LogP contribution >= 0.6 is 0 Å². The van der Waals surface area contributed by atoms with Crippen LogP contribution in [0.4, 0.5) is 5.69 Å². The zero-order valence-electron chi connectivity index (χ0n) is 8.22. The summed E-state index contributed by atoms with van der Waals surface area (Å²) in [6.07, 6.45) is 3.91. The molecule has 1 aliphatic heterocycles. The van der Waals surface area contributed by atoms with Crippen LogP contribution < -0.4 is 5.32 Å². The standard InChI is InChI=1S/C12H17N/c1-2-5-10-8-11-6-3-4-7-12(11)13-9-10/h3-4,6-7,10,13H,2,5,8-9H2,1H3. The third kappa shape index (κ3) is 1.85. The molecule has 1 heteroatoms. The molecule has 0 aliphatic carbocycles. The topological polar surface area (TPSA) is 12.0 Å². The first-order valence-corrected chi connectivity index (χ1v) is 5.22. The maximum Gasteiger partial charge on any atom is 0.0372 e. The molecule has 1 unspecified atom stereocenters. The fourth-order valence-corrected chi connectivity index (χ4v) is 2.12. The van der Waals surface area contributed by atoms with Gasteiger partial charge in [-0.05, 0) is 30.4 Å².